The third-order valence-electron chi connectivity index (χ3n) is 2.72. The van der Waals surface area contributed by atoms with E-state index in [1.807, 2.05) is 6.92 Å². The van der Waals surface area contributed by atoms with Crippen LogP contribution >= 0.6 is 0 Å². The van der Waals surface area contributed by atoms with Crippen molar-refractivity contribution in [3.8, 4) is 11.8 Å². The van der Waals surface area contributed by atoms with Crippen LogP contribution in [-0.4, -0.2) is 25.0 Å². The lowest BCUT2D eigenvalue weighted by atomic mass is 9.92. The third-order valence-corrected chi connectivity index (χ3v) is 2.72. The van der Waals surface area contributed by atoms with Gasteiger partial charge >= 0.3 is 0 Å². The molecule has 0 bridgehead atoms. The number of hydrogen-bond acceptors (Lipinski definition) is 2. The maximum absolute atomic E-state index is 11.7. The van der Waals surface area contributed by atoms with Gasteiger partial charge < -0.3 is 10.6 Å². The zero-order chi connectivity index (χ0) is 11.1. The Kier molecular flexibility index (Phi) is 5.20. The predicted molar refractivity (Wildman–Crippen MR) is 61.3 cm³/mol. The van der Waals surface area contributed by atoms with Gasteiger partial charge in [0, 0.05) is 24.9 Å². The van der Waals surface area contributed by atoms with E-state index in [2.05, 4.69) is 29.4 Å². The number of amides is 1. The first-order chi connectivity index (χ1) is 7.24. The fourth-order valence-corrected chi connectivity index (χ4v) is 1.89. The molecular weight excluding hydrogens is 188 g/mol. The van der Waals surface area contributed by atoms with E-state index in [9.17, 15) is 4.79 Å². The number of carbonyl (C=O) groups is 1. The summed E-state index contributed by atoms with van der Waals surface area (Å²) in [7, 11) is 0. The number of nitrogens with one attached hydrogen (secondary N) is 2. The molecule has 0 spiro atoms. The van der Waals surface area contributed by atoms with Crippen molar-refractivity contribution >= 4 is 5.91 Å². The lowest BCUT2D eigenvalue weighted by molar-refractivity contribution is -0.126. The van der Waals surface area contributed by atoms with Gasteiger partial charge in [-0.3, -0.25) is 4.79 Å². The smallest absolute Gasteiger partial charge is 0.223 e. The van der Waals surface area contributed by atoms with Gasteiger partial charge in [0.25, 0.3) is 0 Å². The molecule has 15 heavy (non-hydrogen) atoms. The molecule has 1 amide bonds. The Morgan fingerprint density at radius 1 is 1.60 bits per heavy atom. The highest BCUT2D eigenvalue weighted by Crippen LogP contribution is 2.15. The molecule has 2 unspecified atom stereocenters. The maximum Gasteiger partial charge on any atom is 0.223 e. The molecule has 3 nitrogen and oxygen atoms in total. The number of hydrogen-bond donors (Lipinski definition) is 2. The van der Waals surface area contributed by atoms with Crippen LogP contribution in [0.2, 0.25) is 0 Å². The van der Waals surface area contributed by atoms with Crippen LogP contribution in [0.5, 0.6) is 0 Å². The van der Waals surface area contributed by atoms with Crippen LogP contribution in [0.15, 0.2) is 0 Å². The minimum absolute atomic E-state index is 0.191. The van der Waals surface area contributed by atoms with Crippen molar-refractivity contribution in [3.05, 3.63) is 0 Å². The summed E-state index contributed by atoms with van der Waals surface area (Å²) in [5.41, 5.74) is 0. The van der Waals surface area contributed by atoms with Crippen molar-refractivity contribution in [1.29, 1.82) is 0 Å². The minimum atomic E-state index is 0.191. The molecule has 1 rings (SSSR count). The van der Waals surface area contributed by atoms with Crippen LogP contribution in [0.1, 0.15) is 33.1 Å². The van der Waals surface area contributed by atoms with Crippen LogP contribution in [0.4, 0.5) is 0 Å². The van der Waals surface area contributed by atoms with Crippen LogP contribution in [-0.2, 0) is 4.79 Å². The quantitative estimate of drug-likeness (QED) is 0.534. The summed E-state index contributed by atoms with van der Waals surface area (Å²) in [6, 6.07) is 0.463. The summed E-state index contributed by atoms with van der Waals surface area (Å²) >= 11 is 0. The molecule has 1 fully saturated rings. The van der Waals surface area contributed by atoms with E-state index < -0.39 is 0 Å². The van der Waals surface area contributed by atoms with Gasteiger partial charge in [-0.15, -0.1) is 11.8 Å². The molecule has 3 heteroatoms. The van der Waals surface area contributed by atoms with Gasteiger partial charge in [0.2, 0.25) is 5.91 Å². The zero-order valence-corrected chi connectivity index (χ0v) is 9.60. The Labute approximate surface area is 92.0 Å². The van der Waals surface area contributed by atoms with Gasteiger partial charge in [0.15, 0.2) is 0 Å². The average Bonchev–Trinajstić information content (AvgIpc) is 2.24. The topological polar surface area (TPSA) is 41.1 Å². The van der Waals surface area contributed by atoms with Gasteiger partial charge in [-0.1, -0.05) is 0 Å². The maximum atomic E-state index is 11.7. The molecule has 0 aliphatic carbocycles. The fourth-order valence-electron chi connectivity index (χ4n) is 1.89. The average molecular weight is 208 g/mol. The van der Waals surface area contributed by atoms with E-state index in [4.69, 9.17) is 0 Å². The lowest BCUT2D eigenvalue weighted by Crippen LogP contribution is -2.42. The number of carbonyl (C=O) groups excluding carboxylic acids is 1. The van der Waals surface area contributed by atoms with Gasteiger partial charge in [0.05, 0.1) is 0 Å². The van der Waals surface area contributed by atoms with Crippen LogP contribution < -0.4 is 10.6 Å². The Morgan fingerprint density at radius 3 is 3.07 bits per heavy atom. The van der Waals surface area contributed by atoms with Gasteiger partial charge in [-0.05, 0) is 33.2 Å². The van der Waals surface area contributed by atoms with Crippen LogP contribution in [0, 0.1) is 17.8 Å². The number of rotatable bonds is 3. The molecule has 1 heterocycles. The standard InChI is InChI=1S/C12H20N2O/c1-3-4-5-7-14-12(15)11-6-8-13-10(2)9-11/h10-11,13H,5-9H2,1-2H3,(H,14,15). The van der Waals surface area contributed by atoms with Crippen LogP contribution in [0.3, 0.4) is 0 Å². The third kappa shape index (κ3) is 4.35. The summed E-state index contributed by atoms with van der Waals surface area (Å²) in [4.78, 5) is 11.7. The van der Waals surface area contributed by atoms with Crippen LogP contribution in [0.25, 0.3) is 0 Å². The Balaban J connectivity index is 2.22. The summed E-state index contributed by atoms with van der Waals surface area (Å²) in [5.74, 6) is 6.14. The first-order valence-electron chi connectivity index (χ1n) is 5.64. The molecular formula is C12H20N2O. The monoisotopic (exact) mass is 208 g/mol. The largest absolute Gasteiger partial charge is 0.355 e. The molecule has 1 aliphatic rings. The molecule has 84 valence electrons. The normalized spacial score (nSPS) is 25.2. The SMILES string of the molecule is CC#CCCNC(=O)C1CCNC(C)C1. The Hall–Kier alpha value is -1.01. The predicted octanol–water partition coefficient (Wildman–Crippen LogP) is 0.904. The highest BCUT2D eigenvalue weighted by atomic mass is 16.1. The molecule has 1 aliphatic heterocycles. The molecule has 0 aromatic carbocycles. The molecule has 2 N–H and O–H groups in total. The molecule has 0 saturated carbocycles. The molecule has 2 atom stereocenters. The van der Waals surface area contributed by atoms with Crippen molar-refractivity contribution in [3.63, 3.8) is 0 Å². The van der Waals surface area contributed by atoms with E-state index in [1.165, 1.54) is 0 Å². The highest BCUT2D eigenvalue weighted by molar-refractivity contribution is 5.78. The molecule has 0 aromatic rings. The summed E-state index contributed by atoms with van der Waals surface area (Å²) < 4.78 is 0. The summed E-state index contributed by atoms with van der Waals surface area (Å²) in [5, 5.41) is 6.28. The van der Waals surface area contributed by atoms with Crippen molar-refractivity contribution in [2.24, 2.45) is 5.92 Å². The van der Waals surface area contributed by atoms with Crippen molar-refractivity contribution < 1.29 is 4.79 Å². The second-order valence-corrected chi connectivity index (χ2v) is 4.04. The van der Waals surface area contributed by atoms with Crippen molar-refractivity contribution in [2.45, 2.75) is 39.2 Å². The molecule has 0 radical (unpaired) electrons. The first-order valence-corrected chi connectivity index (χ1v) is 5.64. The Morgan fingerprint density at radius 2 is 2.40 bits per heavy atom. The second-order valence-electron chi connectivity index (χ2n) is 4.04. The first kappa shape index (κ1) is 12.1. The summed E-state index contributed by atoms with van der Waals surface area (Å²) in [6.45, 7) is 5.57. The number of piperidine rings is 1. The minimum Gasteiger partial charge on any atom is -0.355 e. The summed E-state index contributed by atoms with van der Waals surface area (Å²) in [6.07, 6.45) is 2.66. The zero-order valence-electron chi connectivity index (χ0n) is 9.60. The van der Waals surface area contributed by atoms with E-state index in [1.54, 1.807) is 0 Å². The fraction of sp³-hybridized carbons (Fsp3) is 0.750. The second kappa shape index (κ2) is 6.47. The van der Waals surface area contributed by atoms with E-state index in [0.717, 1.165) is 25.8 Å². The molecule has 0 aromatic heterocycles. The van der Waals surface area contributed by atoms with E-state index in [-0.39, 0.29) is 11.8 Å². The van der Waals surface area contributed by atoms with E-state index >= 15 is 0 Å². The van der Waals surface area contributed by atoms with Gasteiger partial charge in [-0.25, -0.2) is 0 Å². The van der Waals surface area contributed by atoms with Gasteiger partial charge in [-0.2, -0.15) is 0 Å². The van der Waals surface area contributed by atoms with E-state index in [0.29, 0.717) is 12.6 Å². The highest BCUT2D eigenvalue weighted by Gasteiger charge is 2.23. The molecule has 1 saturated heterocycles. The Bertz CT molecular complexity index is 265. The van der Waals surface area contributed by atoms with Crippen molar-refractivity contribution in [2.75, 3.05) is 13.1 Å². The van der Waals surface area contributed by atoms with Crippen molar-refractivity contribution in [1.82, 2.24) is 10.6 Å². The van der Waals surface area contributed by atoms with Gasteiger partial charge in [0.1, 0.15) is 0 Å². The lowest BCUT2D eigenvalue weighted by Gasteiger charge is -2.26.